The van der Waals surface area contributed by atoms with E-state index in [9.17, 15) is 13.2 Å². The molecule has 2 N–H and O–H groups in total. The van der Waals surface area contributed by atoms with Crippen molar-refractivity contribution in [1.29, 1.82) is 0 Å². The van der Waals surface area contributed by atoms with Crippen molar-refractivity contribution >= 4 is 16.7 Å². The number of aromatic nitrogens is 2. The van der Waals surface area contributed by atoms with Crippen LogP contribution in [0.5, 0.6) is 0 Å². The minimum atomic E-state index is -4.46. The monoisotopic (exact) mass is 266 g/mol. The van der Waals surface area contributed by atoms with Gasteiger partial charge in [-0.3, -0.25) is 0 Å². The van der Waals surface area contributed by atoms with Gasteiger partial charge in [-0.2, -0.15) is 22.5 Å². The smallest absolute Gasteiger partial charge is 0.357 e. The van der Waals surface area contributed by atoms with Gasteiger partial charge in [0.2, 0.25) is 11.0 Å². The Bertz CT molecular complexity index is 357. The van der Waals surface area contributed by atoms with E-state index in [0.717, 1.165) is 43.9 Å². The Balaban J connectivity index is 1.96. The predicted molar refractivity (Wildman–Crippen MR) is 59.0 cm³/mol. The molecule has 1 atom stereocenters. The lowest BCUT2D eigenvalue weighted by atomic mass is 10.1. The van der Waals surface area contributed by atoms with Crippen molar-refractivity contribution < 1.29 is 13.2 Å². The zero-order chi connectivity index (χ0) is 12.3. The van der Waals surface area contributed by atoms with Crippen molar-refractivity contribution in [3.63, 3.8) is 0 Å². The molecule has 17 heavy (non-hydrogen) atoms. The number of alkyl halides is 3. The number of nitrogens with zero attached hydrogens (tertiary/aromatic N) is 2. The number of rotatable bonds is 2. The van der Waals surface area contributed by atoms with Crippen molar-refractivity contribution in [2.24, 2.45) is 0 Å². The van der Waals surface area contributed by atoms with Crippen molar-refractivity contribution in [2.75, 3.05) is 18.4 Å². The second-order valence-electron chi connectivity index (χ2n) is 3.94. The third-order valence-corrected chi connectivity index (χ3v) is 3.23. The summed E-state index contributed by atoms with van der Waals surface area (Å²) >= 11 is 0.764. The first-order valence-corrected chi connectivity index (χ1v) is 6.21. The molecular weight excluding hydrogens is 253 g/mol. The third-order valence-electron chi connectivity index (χ3n) is 2.58. The molecule has 0 bridgehead atoms. The van der Waals surface area contributed by atoms with Gasteiger partial charge in [-0.05, 0) is 32.4 Å². The number of hydrogen-bond acceptors (Lipinski definition) is 5. The average Bonchev–Trinajstić information content (AvgIpc) is 2.56. The van der Waals surface area contributed by atoms with E-state index >= 15 is 0 Å². The highest BCUT2D eigenvalue weighted by molar-refractivity contribution is 7.09. The summed E-state index contributed by atoms with van der Waals surface area (Å²) < 4.78 is 40.2. The molecule has 1 aromatic rings. The maximum absolute atomic E-state index is 12.3. The molecule has 0 saturated carbocycles. The van der Waals surface area contributed by atoms with E-state index < -0.39 is 12.0 Å². The summed E-state index contributed by atoms with van der Waals surface area (Å²) in [6.45, 7) is 1.84. The van der Waals surface area contributed by atoms with Crippen LogP contribution in [0.25, 0.3) is 0 Å². The quantitative estimate of drug-likeness (QED) is 0.860. The zero-order valence-corrected chi connectivity index (χ0v) is 9.87. The second-order valence-corrected chi connectivity index (χ2v) is 4.69. The third kappa shape index (κ3) is 3.53. The molecule has 8 heteroatoms. The number of hydrogen-bond donors (Lipinski definition) is 2. The summed E-state index contributed by atoms with van der Waals surface area (Å²) in [7, 11) is 0. The topological polar surface area (TPSA) is 49.8 Å². The second kappa shape index (κ2) is 5.18. The van der Waals surface area contributed by atoms with E-state index in [1.165, 1.54) is 0 Å². The normalized spacial score (nSPS) is 22.2. The number of anilines is 1. The van der Waals surface area contributed by atoms with Gasteiger partial charge < -0.3 is 10.6 Å². The molecule has 1 aromatic heterocycles. The van der Waals surface area contributed by atoms with E-state index in [1.807, 2.05) is 0 Å². The van der Waals surface area contributed by atoms with Gasteiger partial charge in [0.05, 0.1) is 0 Å². The molecule has 1 aliphatic heterocycles. The molecule has 2 heterocycles. The fourth-order valence-corrected chi connectivity index (χ4v) is 2.40. The highest BCUT2D eigenvalue weighted by Crippen LogP contribution is 2.29. The lowest BCUT2D eigenvalue weighted by molar-refractivity contribution is -0.144. The highest BCUT2D eigenvalue weighted by atomic mass is 32.1. The summed E-state index contributed by atoms with van der Waals surface area (Å²) in [6.07, 6.45) is -1.61. The molecule has 0 aliphatic carbocycles. The average molecular weight is 266 g/mol. The fraction of sp³-hybridized carbons (Fsp3) is 0.778. The molecule has 0 aromatic carbocycles. The van der Waals surface area contributed by atoms with Gasteiger partial charge in [0.15, 0.2) is 0 Å². The minimum absolute atomic E-state index is 0.180. The van der Waals surface area contributed by atoms with Gasteiger partial charge in [0.1, 0.15) is 0 Å². The van der Waals surface area contributed by atoms with Crippen LogP contribution in [0, 0.1) is 0 Å². The Labute approximate surface area is 101 Å². The highest BCUT2D eigenvalue weighted by Gasteiger charge is 2.36. The molecule has 1 aliphatic rings. The van der Waals surface area contributed by atoms with Gasteiger partial charge >= 0.3 is 6.18 Å². The Morgan fingerprint density at radius 3 is 2.82 bits per heavy atom. The van der Waals surface area contributed by atoms with Crippen LogP contribution in [0.1, 0.15) is 25.1 Å². The van der Waals surface area contributed by atoms with Crippen molar-refractivity contribution in [3.8, 4) is 0 Å². The first kappa shape index (κ1) is 12.6. The fourth-order valence-electron chi connectivity index (χ4n) is 1.74. The Morgan fingerprint density at radius 2 is 2.12 bits per heavy atom. The Hall–Kier alpha value is -0.890. The lowest BCUT2D eigenvalue weighted by Crippen LogP contribution is -2.21. The van der Waals surface area contributed by atoms with Gasteiger partial charge in [0.25, 0.3) is 0 Å². The summed E-state index contributed by atoms with van der Waals surface area (Å²) in [4.78, 5) is 3.46. The van der Waals surface area contributed by atoms with Crippen LogP contribution in [-0.4, -0.2) is 28.5 Å². The van der Waals surface area contributed by atoms with Crippen LogP contribution >= 0.6 is 11.5 Å². The van der Waals surface area contributed by atoms with Crippen molar-refractivity contribution in [2.45, 2.75) is 31.5 Å². The largest absolute Gasteiger partial charge is 0.452 e. The predicted octanol–water partition coefficient (Wildman–Crippen LogP) is 2.11. The SMILES string of the molecule is FC(F)(F)c1nsc(NC2CCCNCC2)n1. The molecule has 4 nitrogen and oxygen atoms in total. The van der Waals surface area contributed by atoms with Gasteiger partial charge in [-0.25, -0.2) is 0 Å². The lowest BCUT2D eigenvalue weighted by Gasteiger charge is -2.14. The van der Waals surface area contributed by atoms with Gasteiger partial charge in [-0.1, -0.05) is 0 Å². The molecule has 2 rings (SSSR count). The molecular formula is C9H13F3N4S. The van der Waals surface area contributed by atoms with Crippen LogP contribution in [0.3, 0.4) is 0 Å². The molecule has 0 radical (unpaired) electrons. The van der Waals surface area contributed by atoms with Crippen LogP contribution in [0.4, 0.5) is 18.3 Å². The molecule has 1 saturated heterocycles. The maximum atomic E-state index is 12.3. The Morgan fingerprint density at radius 1 is 1.29 bits per heavy atom. The standard InChI is InChI=1S/C9H13F3N4S/c10-9(11,12)7-15-8(17-16-7)14-6-2-1-4-13-5-3-6/h6,13H,1-5H2,(H,14,15,16). The van der Waals surface area contributed by atoms with Crippen LogP contribution in [0.2, 0.25) is 0 Å². The minimum Gasteiger partial charge on any atom is -0.357 e. The van der Waals surface area contributed by atoms with Gasteiger partial charge in [0, 0.05) is 17.6 Å². The van der Waals surface area contributed by atoms with Crippen LogP contribution < -0.4 is 10.6 Å². The van der Waals surface area contributed by atoms with E-state index in [-0.39, 0.29) is 11.2 Å². The zero-order valence-electron chi connectivity index (χ0n) is 9.05. The van der Waals surface area contributed by atoms with E-state index in [4.69, 9.17) is 0 Å². The molecule has 0 amide bonds. The first-order chi connectivity index (χ1) is 8.05. The summed E-state index contributed by atoms with van der Waals surface area (Å²) in [5, 5.41) is 6.51. The molecule has 1 fully saturated rings. The maximum Gasteiger partial charge on any atom is 0.452 e. The molecule has 96 valence electrons. The van der Waals surface area contributed by atoms with E-state index in [1.54, 1.807) is 0 Å². The van der Waals surface area contributed by atoms with Crippen LogP contribution in [-0.2, 0) is 6.18 Å². The number of nitrogens with one attached hydrogen (secondary N) is 2. The molecule has 0 spiro atoms. The van der Waals surface area contributed by atoms with E-state index in [0.29, 0.717) is 0 Å². The van der Waals surface area contributed by atoms with Crippen molar-refractivity contribution in [3.05, 3.63) is 5.82 Å². The molecule has 1 unspecified atom stereocenters. The van der Waals surface area contributed by atoms with Crippen molar-refractivity contribution in [1.82, 2.24) is 14.7 Å². The van der Waals surface area contributed by atoms with Gasteiger partial charge in [-0.15, -0.1) is 0 Å². The summed E-state index contributed by atoms with van der Waals surface area (Å²) in [6, 6.07) is 0.180. The van der Waals surface area contributed by atoms with Crippen LogP contribution in [0.15, 0.2) is 0 Å². The summed E-state index contributed by atoms with van der Waals surface area (Å²) in [5.74, 6) is -1.06. The van der Waals surface area contributed by atoms with E-state index in [2.05, 4.69) is 20.0 Å². The number of halogens is 3. The Kier molecular flexibility index (Phi) is 3.82. The first-order valence-electron chi connectivity index (χ1n) is 5.44. The summed E-state index contributed by atoms with van der Waals surface area (Å²) in [5.41, 5.74) is 0.